The molecule has 0 unspecified atom stereocenters. The van der Waals surface area contributed by atoms with E-state index < -0.39 is 10.0 Å². The molecule has 0 saturated carbocycles. The summed E-state index contributed by atoms with van der Waals surface area (Å²) in [7, 11) is -3.51. The Morgan fingerprint density at radius 1 is 1.33 bits per heavy atom. The van der Waals surface area contributed by atoms with Gasteiger partial charge in [0.2, 0.25) is 10.0 Å². The van der Waals surface area contributed by atoms with Gasteiger partial charge in [-0.15, -0.1) is 0 Å². The molecule has 0 saturated heterocycles. The average molecular weight is 266 g/mol. The van der Waals surface area contributed by atoms with Gasteiger partial charge in [0.05, 0.1) is 11.4 Å². The molecule has 2 rings (SSSR count). The normalized spacial score (nSPS) is 11.6. The molecular weight excluding hydrogens is 252 g/mol. The van der Waals surface area contributed by atoms with Crippen LogP contribution in [0.2, 0.25) is 0 Å². The molecule has 0 aliphatic carbocycles. The standard InChI is InChI=1S/C11H14N4O2S/c12-10-3-1-4-11(9-10)18(16,17)14-6-8-15-7-2-5-13-15/h1-5,7,9,14H,6,8,12H2. The van der Waals surface area contributed by atoms with E-state index in [4.69, 9.17) is 5.73 Å². The van der Waals surface area contributed by atoms with Crippen LogP contribution in [0, 0.1) is 0 Å². The van der Waals surface area contributed by atoms with Gasteiger partial charge in [0.25, 0.3) is 0 Å². The van der Waals surface area contributed by atoms with Crippen LogP contribution < -0.4 is 10.5 Å². The summed E-state index contributed by atoms with van der Waals surface area (Å²) in [6, 6.07) is 7.97. The number of benzene rings is 1. The summed E-state index contributed by atoms with van der Waals surface area (Å²) in [5.74, 6) is 0. The van der Waals surface area contributed by atoms with E-state index >= 15 is 0 Å². The summed E-state index contributed by atoms with van der Waals surface area (Å²) in [5.41, 5.74) is 5.98. The van der Waals surface area contributed by atoms with Gasteiger partial charge in [0, 0.05) is 24.6 Å². The third kappa shape index (κ3) is 3.08. The van der Waals surface area contributed by atoms with Crippen molar-refractivity contribution in [2.45, 2.75) is 11.4 Å². The minimum absolute atomic E-state index is 0.169. The molecule has 0 spiro atoms. The van der Waals surface area contributed by atoms with Crippen molar-refractivity contribution in [1.29, 1.82) is 0 Å². The van der Waals surface area contributed by atoms with E-state index in [0.717, 1.165) is 0 Å². The highest BCUT2D eigenvalue weighted by molar-refractivity contribution is 7.89. The van der Waals surface area contributed by atoms with Crippen molar-refractivity contribution in [1.82, 2.24) is 14.5 Å². The van der Waals surface area contributed by atoms with Crippen LogP contribution in [0.4, 0.5) is 5.69 Å². The zero-order valence-electron chi connectivity index (χ0n) is 9.65. The monoisotopic (exact) mass is 266 g/mol. The predicted molar refractivity (Wildman–Crippen MR) is 68.3 cm³/mol. The van der Waals surface area contributed by atoms with Crippen molar-refractivity contribution in [3.63, 3.8) is 0 Å². The summed E-state index contributed by atoms with van der Waals surface area (Å²) < 4.78 is 28.0. The quantitative estimate of drug-likeness (QED) is 0.769. The molecule has 1 heterocycles. The number of aromatic nitrogens is 2. The summed E-state index contributed by atoms with van der Waals surface area (Å²) in [4.78, 5) is 0.169. The Morgan fingerprint density at radius 3 is 2.83 bits per heavy atom. The van der Waals surface area contributed by atoms with Gasteiger partial charge in [0.15, 0.2) is 0 Å². The highest BCUT2D eigenvalue weighted by atomic mass is 32.2. The molecule has 0 aliphatic rings. The Morgan fingerprint density at radius 2 is 2.17 bits per heavy atom. The molecule has 0 amide bonds. The number of hydrogen-bond acceptors (Lipinski definition) is 4. The molecule has 2 aromatic rings. The molecule has 3 N–H and O–H groups in total. The Labute approximate surface area is 105 Å². The Bertz CT molecular complexity index is 608. The maximum absolute atomic E-state index is 11.9. The summed E-state index contributed by atoms with van der Waals surface area (Å²) in [5, 5.41) is 3.98. The van der Waals surface area contributed by atoms with Gasteiger partial charge in [-0.25, -0.2) is 13.1 Å². The molecule has 0 fully saturated rings. The fraction of sp³-hybridized carbons (Fsp3) is 0.182. The molecule has 1 aromatic heterocycles. The summed E-state index contributed by atoms with van der Waals surface area (Å²) in [6.45, 7) is 0.757. The first-order valence-electron chi connectivity index (χ1n) is 5.40. The highest BCUT2D eigenvalue weighted by Crippen LogP contribution is 2.12. The summed E-state index contributed by atoms with van der Waals surface area (Å²) >= 11 is 0. The second kappa shape index (κ2) is 5.19. The van der Waals surface area contributed by atoms with Crippen LogP contribution in [-0.2, 0) is 16.6 Å². The lowest BCUT2D eigenvalue weighted by Crippen LogP contribution is -2.27. The van der Waals surface area contributed by atoms with E-state index in [0.29, 0.717) is 12.2 Å². The van der Waals surface area contributed by atoms with Crippen molar-refractivity contribution in [3.8, 4) is 0 Å². The minimum Gasteiger partial charge on any atom is -0.399 e. The lowest BCUT2D eigenvalue weighted by atomic mass is 10.3. The number of anilines is 1. The second-order valence-corrected chi connectivity index (χ2v) is 5.51. The second-order valence-electron chi connectivity index (χ2n) is 3.74. The molecular formula is C11H14N4O2S. The van der Waals surface area contributed by atoms with Crippen molar-refractivity contribution in [2.24, 2.45) is 0 Å². The molecule has 0 bridgehead atoms. The van der Waals surface area contributed by atoms with Crippen LogP contribution in [0.5, 0.6) is 0 Å². The number of nitrogens with one attached hydrogen (secondary N) is 1. The van der Waals surface area contributed by atoms with Crippen LogP contribution in [-0.4, -0.2) is 24.7 Å². The van der Waals surface area contributed by atoms with Crippen LogP contribution in [0.3, 0.4) is 0 Å². The van der Waals surface area contributed by atoms with E-state index in [9.17, 15) is 8.42 Å². The molecule has 18 heavy (non-hydrogen) atoms. The van der Waals surface area contributed by atoms with E-state index in [1.165, 1.54) is 12.1 Å². The maximum atomic E-state index is 11.9. The van der Waals surface area contributed by atoms with Gasteiger partial charge in [0.1, 0.15) is 0 Å². The van der Waals surface area contributed by atoms with Gasteiger partial charge >= 0.3 is 0 Å². The fourth-order valence-corrected chi connectivity index (χ4v) is 2.57. The van der Waals surface area contributed by atoms with E-state index in [1.807, 2.05) is 0 Å². The van der Waals surface area contributed by atoms with Crippen molar-refractivity contribution >= 4 is 15.7 Å². The van der Waals surface area contributed by atoms with Gasteiger partial charge in [-0.2, -0.15) is 5.10 Å². The van der Waals surface area contributed by atoms with E-state index in [1.54, 1.807) is 35.3 Å². The summed E-state index contributed by atoms with van der Waals surface area (Å²) in [6.07, 6.45) is 3.42. The van der Waals surface area contributed by atoms with Crippen LogP contribution in [0.25, 0.3) is 0 Å². The van der Waals surface area contributed by atoms with Gasteiger partial charge in [-0.05, 0) is 24.3 Å². The van der Waals surface area contributed by atoms with Crippen molar-refractivity contribution in [3.05, 3.63) is 42.7 Å². The Balaban J connectivity index is 1.99. The predicted octanol–water partition coefficient (Wildman–Crippen LogP) is 0.444. The Kier molecular flexibility index (Phi) is 3.63. The minimum atomic E-state index is -3.51. The first-order valence-corrected chi connectivity index (χ1v) is 6.89. The largest absolute Gasteiger partial charge is 0.399 e. The van der Waals surface area contributed by atoms with Crippen molar-refractivity contribution in [2.75, 3.05) is 12.3 Å². The number of sulfonamides is 1. The average Bonchev–Trinajstić information content (AvgIpc) is 2.82. The molecule has 96 valence electrons. The van der Waals surface area contributed by atoms with Crippen LogP contribution >= 0.6 is 0 Å². The zero-order valence-corrected chi connectivity index (χ0v) is 10.5. The molecule has 7 heteroatoms. The lowest BCUT2D eigenvalue weighted by Gasteiger charge is -2.07. The molecule has 1 aromatic carbocycles. The first kappa shape index (κ1) is 12.6. The molecule has 0 atom stereocenters. The third-order valence-electron chi connectivity index (χ3n) is 2.36. The Hall–Kier alpha value is -1.86. The van der Waals surface area contributed by atoms with Crippen LogP contribution in [0.15, 0.2) is 47.6 Å². The lowest BCUT2D eigenvalue weighted by molar-refractivity contribution is 0.561. The van der Waals surface area contributed by atoms with E-state index in [2.05, 4.69) is 9.82 Å². The third-order valence-corrected chi connectivity index (χ3v) is 3.82. The number of nitrogen functional groups attached to an aromatic ring is 1. The molecule has 6 nitrogen and oxygen atoms in total. The van der Waals surface area contributed by atoms with Gasteiger partial charge < -0.3 is 5.73 Å². The number of rotatable bonds is 5. The SMILES string of the molecule is Nc1cccc(S(=O)(=O)NCCn2cccn2)c1. The van der Waals surface area contributed by atoms with E-state index in [-0.39, 0.29) is 11.4 Å². The van der Waals surface area contributed by atoms with Gasteiger partial charge in [-0.3, -0.25) is 4.68 Å². The first-order chi connectivity index (χ1) is 8.58. The zero-order chi connectivity index (χ0) is 13.0. The smallest absolute Gasteiger partial charge is 0.240 e. The van der Waals surface area contributed by atoms with Crippen molar-refractivity contribution < 1.29 is 8.42 Å². The fourth-order valence-electron chi connectivity index (χ4n) is 1.49. The number of nitrogens with two attached hydrogens (primary N) is 1. The number of nitrogens with zero attached hydrogens (tertiary/aromatic N) is 2. The van der Waals surface area contributed by atoms with Crippen LogP contribution in [0.1, 0.15) is 0 Å². The molecule has 0 radical (unpaired) electrons. The number of hydrogen-bond donors (Lipinski definition) is 2. The maximum Gasteiger partial charge on any atom is 0.240 e. The van der Waals surface area contributed by atoms with Gasteiger partial charge in [-0.1, -0.05) is 6.07 Å². The molecule has 0 aliphatic heterocycles. The topological polar surface area (TPSA) is 90.0 Å². The highest BCUT2D eigenvalue weighted by Gasteiger charge is 2.13.